The number of halogens is 3. The molecule has 0 radical (unpaired) electrons. The third-order valence-electron chi connectivity index (χ3n) is 3.51. The van der Waals surface area contributed by atoms with Crippen LogP contribution in [-0.2, 0) is 17.4 Å². The molecule has 1 aromatic rings. The third kappa shape index (κ3) is 6.05. The van der Waals surface area contributed by atoms with Gasteiger partial charge in [0.2, 0.25) is 5.91 Å². The van der Waals surface area contributed by atoms with E-state index in [4.69, 9.17) is 5.11 Å². The van der Waals surface area contributed by atoms with Gasteiger partial charge in [0, 0.05) is 19.1 Å². The Bertz CT molecular complexity index is 469. The Morgan fingerprint density at radius 1 is 1.23 bits per heavy atom. The number of hydrogen-bond donors (Lipinski definition) is 2. The molecule has 0 aliphatic heterocycles. The fraction of sp³-hybridized carbons (Fsp3) is 0.562. The van der Waals surface area contributed by atoms with Gasteiger partial charge in [-0.3, -0.25) is 4.79 Å². The molecule has 0 aromatic heterocycles. The second kappa shape index (κ2) is 8.17. The highest BCUT2D eigenvalue weighted by atomic mass is 19.4. The maximum absolute atomic E-state index is 12.4. The molecule has 0 saturated carbocycles. The van der Waals surface area contributed by atoms with Gasteiger partial charge in [-0.05, 0) is 36.5 Å². The van der Waals surface area contributed by atoms with Crippen molar-refractivity contribution in [2.45, 2.75) is 45.3 Å². The minimum absolute atomic E-state index is 0.00201. The van der Waals surface area contributed by atoms with E-state index in [9.17, 15) is 18.0 Å². The van der Waals surface area contributed by atoms with E-state index in [1.807, 2.05) is 13.8 Å². The highest BCUT2D eigenvalue weighted by Crippen LogP contribution is 2.29. The first-order valence-electron chi connectivity index (χ1n) is 7.30. The number of amides is 1. The summed E-state index contributed by atoms with van der Waals surface area (Å²) in [6.07, 6.45) is -3.26. The fourth-order valence-corrected chi connectivity index (χ4v) is 2.11. The molecule has 0 aliphatic rings. The first kappa shape index (κ1) is 18.5. The average Bonchev–Trinajstić information content (AvgIpc) is 2.44. The predicted octanol–water partition coefficient (Wildman–Crippen LogP) is 3.16. The van der Waals surface area contributed by atoms with Gasteiger partial charge in [0.1, 0.15) is 0 Å². The highest BCUT2D eigenvalue weighted by molar-refractivity contribution is 5.76. The summed E-state index contributed by atoms with van der Waals surface area (Å²) in [5.74, 6) is 0.0502. The van der Waals surface area contributed by atoms with Crippen molar-refractivity contribution in [3.8, 4) is 0 Å². The third-order valence-corrected chi connectivity index (χ3v) is 3.51. The summed E-state index contributed by atoms with van der Waals surface area (Å²) in [6, 6.07) is 4.74. The van der Waals surface area contributed by atoms with Gasteiger partial charge in [-0.15, -0.1) is 0 Å². The fourth-order valence-electron chi connectivity index (χ4n) is 2.11. The summed E-state index contributed by atoms with van der Waals surface area (Å²) in [5, 5.41) is 11.8. The Kier molecular flexibility index (Phi) is 6.87. The number of carbonyl (C=O) groups is 1. The van der Waals surface area contributed by atoms with E-state index >= 15 is 0 Å². The van der Waals surface area contributed by atoms with Crippen molar-refractivity contribution in [1.29, 1.82) is 0 Å². The summed E-state index contributed by atoms with van der Waals surface area (Å²) in [4.78, 5) is 11.9. The highest BCUT2D eigenvalue weighted by Gasteiger charge is 2.29. The van der Waals surface area contributed by atoms with Crippen molar-refractivity contribution in [1.82, 2.24) is 5.32 Å². The van der Waals surface area contributed by atoms with Crippen LogP contribution in [0.4, 0.5) is 13.2 Å². The van der Waals surface area contributed by atoms with Crippen LogP contribution in [0.15, 0.2) is 24.3 Å². The number of aryl methyl sites for hydroxylation is 1. The lowest BCUT2D eigenvalue weighted by molar-refractivity contribution is -0.137. The number of alkyl halides is 3. The summed E-state index contributed by atoms with van der Waals surface area (Å²) in [6.45, 7) is 3.91. The summed E-state index contributed by atoms with van der Waals surface area (Å²) in [5.41, 5.74) is -0.00470. The Morgan fingerprint density at radius 3 is 2.27 bits per heavy atom. The number of hydrogen-bond acceptors (Lipinski definition) is 2. The van der Waals surface area contributed by atoms with Gasteiger partial charge in [0.25, 0.3) is 0 Å². The molecule has 2 N–H and O–H groups in total. The number of nitrogens with one attached hydrogen (secondary N) is 1. The average molecular weight is 317 g/mol. The quantitative estimate of drug-likeness (QED) is 0.811. The molecule has 0 bridgehead atoms. The van der Waals surface area contributed by atoms with Crippen LogP contribution in [-0.4, -0.2) is 23.7 Å². The van der Waals surface area contributed by atoms with E-state index in [2.05, 4.69) is 5.32 Å². The zero-order chi connectivity index (χ0) is 16.8. The molecule has 22 heavy (non-hydrogen) atoms. The van der Waals surface area contributed by atoms with Gasteiger partial charge >= 0.3 is 6.18 Å². The van der Waals surface area contributed by atoms with Gasteiger partial charge < -0.3 is 10.4 Å². The van der Waals surface area contributed by atoms with Crippen LogP contribution < -0.4 is 5.32 Å². The van der Waals surface area contributed by atoms with Crippen LogP contribution in [0.5, 0.6) is 0 Å². The molecular weight excluding hydrogens is 295 g/mol. The zero-order valence-corrected chi connectivity index (χ0v) is 12.8. The minimum Gasteiger partial charge on any atom is -0.396 e. The van der Waals surface area contributed by atoms with E-state index in [-0.39, 0.29) is 30.9 Å². The Balaban J connectivity index is 2.50. The van der Waals surface area contributed by atoms with E-state index in [0.717, 1.165) is 12.1 Å². The standard InChI is InChI=1S/C16H22F3NO2/c1-11(2)14(9-10-21)20-15(22)8-5-12-3-6-13(7-4-12)16(17,18)19/h3-4,6-7,11,14,21H,5,8-10H2,1-2H3,(H,20,22). The molecule has 0 heterocycles. The predicted molar refractivity (Wildman–Crippen MR) is 78.2 cm³/mol. The summed E-state index contributed by atoms with van der Waals surface area (Å²) < 4.78 is 37.3. The van der Waals surface area contributed by atoms with Crippen molar-refractivity contribution >= 4 is 5.91 Å². The Morgan fingerprint density at radius 2 is 1.82 bits per heavy atom. The largest absolute Gasteiger partial charge is 0.416 e. The van der Waals surface area contributed by atoms with E-state index in [1.54, 1.807) is 0 Å². The van der Waals surface area contributed by atoms with Crippen LogP contribution in [0.3, 0.4) is 0 Å². The van der Waals surface area contributed by atoms with Crippen LogP contribution in [0.25, 0.3) is 0 Å². The smallest absolute Gasteiger partial charge is 0.396 e. The maximum atomic E-state index is 12.4. The Labute approximate surface area is 128 Å². The molecule has 0 spiro atoms. The maximum Gasteiger partial charge on any atom is 0.416 e. The monoisotopic (exact) mass is 317 g/mol. The zero-order valence-electron chi connectivity index (χ0n) is 12.8. The van der Waals surface area contributed by atoms with Crippen molar-refractivity contribution < 1.29 is 23.1 Å². The van der Waals surface area contributed by atoms with Gasteiger partial charge in [-0.25, -0.2) is 0 Å². The molecule has 3 nitrogen and oxygen atoms in total. The number of aliphatic hydroxyl groups is 1. The number of carbonyl (C=O) groups excluding carboxylic acids is 1. The second-order valence-electron chi connectivity index (χ2n) is 5.62. The lowest BCUT2D eigenvalue weighted by Gasteiger charge is -2.21. The van der Waals surface area contributed by atoms with Crippen LogP contribution >= 0.6 is 0 Å². The summed E-state index contributed by atoms with van der Waals surface area (Å²) in [7, 11) is 0. The number of benzene rings is 1. The summed E-state index contributed by atoms with van der Waals surface area (Å²) >= 11 is 0. The first-order chi connectivity index (χ1) is 10.2. The van der Waals surface area contributed by atoms with E-state index in [1.165, 1.54) is 12.1 Å². The van der Waals surface area contributed by atoms with Crippen molar-refractivity contribution in [2.75, 3.05) is 6.61 Å². The molecule has 1 unspecified atom stereocenters. The molecule has 0 saturated heterocycles. The molecule has 0 aliphatic carbocycles. The van der Waals surface area contributed by atoms with Crippen molar-refractivity contribution in [3.05, 3.63) is 35.4 Å². The first-order valence-corrected chi connectivity index (χ1v) is 7.30. The van der Waals surface area contributed by atoms with Crippen LogP contribution in [0.2, 0.25) is 0 Å². The minimum atomic E-state index is -4.34. The van der Waals surface area contributed by atoms with Crippen LogP contribution in [0.1, 0.15) is 37.8 Å². The van der Waals surface area contributed by atoms with Crippen LogP contribution in [0, 0.1) is 5.92 Å². The van der Waals surface area contributed by atoms with Gasteiger partial charge in [-0.1, -0.05) is 26.0 Å². The van der Waals surface area contributed by atoms with Crippen molar-refractivity contribution in [3.63, 3.8) is 0 Å². The topological polar surface area (TPSA) is 49.3 Å². The lowest BCUT2D eigenvalue weighted by atomic mass is 10.0. The number of rotatable bonds is 7. The van der Waals surface area contributed by atoms with E-state index in [0.29, 0.717) is 18.4 Å². The molecule has 1 rings (SSSR count). The second-order valence-corrected chi connectivity index (χ2v) is 5.62. The van der Waals surface area contributed by atoms with Gasteiger partial charge in [-0.2, -0.15) is 13.2 Å². The van der Waals surface area contributed by atoms with E-state index < -0.39 is 11.7 Å². The SMILES string of the molecule is CC(C)C(CCO)NC(=O)CCc1ccc(C(F)(F)F)cc1. The molecule has 1 aromatic carbocycles. The molecule has 1 amide bonds. The lowest BCUT2D eigenvalue weighted by Crippen LogP contribution is -2.39. The molecule has 124 valence electrons. The van der Waals surface area contributed by atoms with Gasteiger partial charge in [0.05, 0.1) is 5.56 Å². The van der Waals surface area contributed by atoms with Crippen molar-refractivity contribution in [2.24, 2.45) is 5.92 Å². The molecular formula is C16H22F3NO2. The molecule has 6 heteroatoms. The van der Waals surface area contributed by atoms with Gasteiger partial charge in [0.15, 0.2) is 0 Å². The molecule has 0 fully saturated rings. The number of aliphatic hydroxyl groups excluding tert-OH is 1. The Hall–Kier alpha value is -1.56. The normalized spacial score (nSPS) is 13.2. The molecule has 1 atom stereocenters.